The van der Waals surface area contributed by atoms with E-state index in [0.717, 1.165) is 25.7 Å². The fourth-order valence-corrected chi connectivity index (χ4v) is 4.90. The number of hydrogen-bond acceptors (Lipinski definition) is 6. The van der Waals surface area contributed by atoms with E-state index in [1.165, 1.54) is 0 Å². The predicted molar refractivity (Wildman–Crippen MR) is 147 cm³/mol. The van der Waals surface area contributed by atoms with Crippen LogP contribution in [0.15, 0.2) is 30.3 Å². The van der Waals surface area contributed by atoms with Crippen LogP contribution in [0.25, 0.3) is 0 Å². The molecule has 1 aromatic rings. The third kappa shape index (κ3) is 9.93. The number of carbonyl (C=O) groups excluding carboxylic acids is 4. The molecule has 0 aromatic heterocycles. The van der Waals surface area contributed by atoms with Crippen molar-refractivity contribution in [3.05, 3.63) is 30.3 Å². The predicted octanol–water partition coefficient (Wildman–Crippen LogP) is 3.77. The molecular weight excluding hydrogens is 498 g/mol. The summed E-state index contributed by atoms with van der Waals surface area (Å²) in [7, 11) is 0. The number of nitrogens with zero attached hydrogens (tertiary/aromatic N) is 2. The minimum Gasteiger partial charge on any atom is -0.444 e. The second-order valence-corrected chi connectivity index (χ2v) is 11.3. The van der Waals surface area contributed by atoms with Crippen molar-refractivity contribution in [2.24, 2.45) is 11.8 Å². The molecule has 1 N–H and O–H groups in total. The quantitative estimate of drug-likeness (QED) is 0.306. The van der Waals surface area contributed by atoms with E-state index in [4.69, 9.17) is 15.9 Å². The molecule has 0 bridgehead atoms. The Hall–Kier alpha value is -3.54. The molecule has 39 heavy (non-hydrogen) atoms. The average Bonchev–Trinajstić information content (AvgIpc) is 2.91. The molecule has 9 nitrogen and oxygen atoms in total. The number of rotatable bonds is 8. The van der Waals surface area contributed by atoms with E-state index >= 15 is 0 Å². The van der Waals surface area contributed by atoms with Gasteiger partial charge in [0.1, 0.15) is 17.4 Å². The van der Waals surface area contributed by atoms with Gasteiger partial charge < -0.3 is 24.6 Å². The lowest BCUT2D eigenvalue weighted by Crippen LogP contribution is -2.48. The van der Waals surface area contributed by atoms with Crippen LogP contribution in [0.3, 0.4) is 0 Å². The Morgan fingerprint density at radius 2 is 1.74 bits per heavy atom. The smallest absolute Gasteiger partial charge is 0.410 e. The summed E-state index contributed by atoms with van der Waals surface area (Å²) < 4.78 is 10.7. The highest BCUT2D eigenvalue weighted by molar-refractivity contribution is 5.83. The highest BCUT2D eigenvalue weighted by Gasteiger charge is 2.31. The van der Waals surface area contributed by atoms with Gasteiger partial charge in [-0.25, -0.2) is 4.79 Å². The first-order valence-corrected chi connectivity index (χ1v) is 13.8. The lowest BCUT2D eigenvalue weighted by atomic mass is 9.91. The van der Waals surface area contributed by atoms with Gasteiger partial charge in [-0.2, -0.15) is 0 Å². The summed E-state index contributed by atoms with van der Waals surface area (Å²) in [6.07, 6.45) is 9.40. The monoisotopic (exact) mass is 539 g/mol. The maximum absolute atomic E-state index is 13.0. The summed E-state index contributed by atoms with van der Waals surface area (Å²) in [4.78, 5) is 53.9. The van der Waals surface area contributed by atoms with Crippen molar-refractivity contribution in [3.8, 4) is 18.1 Å². The number of esters is 1. The molecule has 0 spiro atoms. The third-order valence-corrected chi connectivity index (χ3v) is 7.04. The zero-order valence-corrected chi connectivity index (χ0v) is 23.3. The van der Waals surface area contributed by atoms with Crippen molar-refractivity contribution in [3.63, 3.8) is 0 Å². The molecule has 2 fully saturated rings. The zero-order chi connectivity index (χ0) is 28.4. The second kappa shape index (κ2) is 14.0. The van der Waals surface area contributed by atoms with E-state index < -0.39 is 17.6 Å². The van der Waals surface area contributed by atoms with Crippen molar-refractivity contribution in [2.45, 2.75) is 77.4 Å². The summed E-state index contributed by atoms with van der Waals surface area (Å²) in [5, 5.41) is 2.77. The van der Waals surface area contributed by atoms with E-state index in [9.17, 15) is 19.2 Å². The number of piperidine rings is 2. The van der Waals surface area contributed by atoms with Crippen molar-refractivity contribution in [2.75, 3.05) is 26.2 Å². The fraction of sp³-hybridized carbons (Fsp3) is 0.600. The molecule has 0 aliphatic carbocycles. The Balaban J connectivity index is 1.39. The number of likely N-dealkylation sites (tertiary alicyclic amines) is 2. The van der Waals surface area contributed by atoms with Crippen LogP contribution in [0.4, 0.5) is 4.79 Å². The lowest BCUT2D eigenvalue weighted by molar-refractivity contribution is -0.136. The van der Waals surface area contributed by atoms with Gasteiger partial charge in [0, 0.05) is 32.6 Å². The molecule has 1 aromatic carbocycles. The number of nitrogens with one attached hydrogen (secondary N) is 1. The van der Waals surface area contributed by atoms with Crippen LogP contribution in [-0.2, 0) is 19.1 Å². The van der Waals surface area contributed by atoms with E-state index in [2.05, 4.69) is 11.2 Å². The number of ether oxygens (including phenoxy) is 2. The number of carbonyl (C=O) groups is 4. The van der Waals surface area contributed by atoms with E-state index in [1.54, 1.807) is 34.1 Å². The molecule has 0 saturated carbocycles. The molecule has 0 radical (unpaired) electrons. The number of benzene rings is 1. The van der Waals surface area contributed by atoms with Crippen LogP contribution >= 0.6 is 0 Å². The number of para-hydroxylation sites is 1. The van der Waals surface area contributed by atoms with Gasteiger partial charge in [0.2, 0.25) is 11.8 Å². The van der Waals surface area contributed by atoms with Crippen LogP contribution < -0.4 is 10.1 Å². The first kappa shape index (κ1) is 30.0. The van der Waals surface area contributed by atoms with Gasteiger partial charge in [0.05, 0.1) is 12.3 Å². The topological polar surface area (TPSA) is 105 Å². The van der Waals surface area contributed by atoms with Crippen molar-refractivity contribution in [1.29, 1.82) is 0 Å². The Morgan fingerprint density at radius 1 is 1.05 bits per heavy atom. The summed E-state index contributed by atoms with van der Waals surface area (Å²) in [5.41, 5.74) is -0.514. The average molecular weight is 540 g/mol. The zero-order valence-electron chi connectivity index (χ0n) is 23.3. The van der Waals surface area contributed by atoms with E-state index in [-0.39, 0.29) is 30.2 Å². The number of amides is 3. The summed E-state index contributed by atoms with van der Waals surface area (Å²) in [6.45, 7) is 7.80. The molecular formula is C30H41N3O6. The molecule has 3 amide bonds. The Labute approximate surface area is 231 Å². The highest BCUT2D eigenvalue weighted by atomic mass is 16.6. The molecule has 2 aliphatic heterocycles. The van der Waals surface area contributed by atoms with Gasteiger partial charge in [-0.1, -0.05) is 24.1 Å². The van der Waals surface area contributed by atoms with Gasteiger partial charge in [-0.15, -0.1) is 6.42 Å². The SMILES string of the molecule is C#CC(CC(=O)Oc1ccccc1)NC(=O)[C@@H]1CCCN(C(=O)CCC2CCN(C(=O)OC(C)(C)C)CC2)C1. The molecule has 3 rings (SSSR count). The minimum atomic E-state index is -0.786. The lowest BCUT2D eigenvalue weighted by Gasteiger charge is -2.34. The van der Waals surface area contributed by atoms with E-state index in [0.29, 0.717) is 50.7 Å². The maximum Gasteiger partial charge on any atom is 0.410 e. The number of hydrogen-bond donors (Lipinski definition) is 1. The standard InChI is InChI=1S/C30H41N3O6/c1-5-24(20-27(35)38-25-11-7-6-8-12-25)31-28(36)23-10-9-17-33(21-23)26(34)14-13-22-15-18-32(19-16-22)29(37)39-30(2,3)4/h1,6-8,11-12,22-24H,9-10,13-21H2,2-4H3,(H,31,36)/t23-,24?/m1/s1. The maximum atomic E-state index is 13.0. The van der Waals surface area contributed by atoms with Crippen molar-refractivity contribution in [1.82, 2.24) is 15.1 Å². The first-order chi connectivity index (χ1) is 18.5. The second-order valence-electron chi connectivity index (χ2n) is 11.3. The number of terminal acetylenes is 1. The largest absolute Gasteiger partial charge is 0.444 e. The third-order valence-electron chi connectivity index (χ3n) is 7.04. The van der Waals surface area contributed by atoms with Gasteiger partial charge in [-0.3, -0.25) is 14.4 Å². The molecule has 2 atom stereocenters. The minimum absolute atomic E-state index is 0.0435. The van der Waals surface area contributed by atoms with Crippen LogP contribution in [0.1, 0.15) is 65.7 Å². The van der Waals surface area contributed by atoms with Gasteiger partial charge >= 0.3 is 12.1 Å². The highest BCUT2D eigenvalue weighted by Crippen LogP contribution is 2.25. The van der Waals surface area contributed by atoms with Crippen molar-refractivity contribution < 1.29 is 28.7 Å². The summed E-state index contributed by atoms with van der Waals surface area (Å²) in [6, 6.07) is 7.89. The van der Waals surface area contributed by atoms with Gasteiger partial charge in [0.25, 0.3) is 0 Å². The van der Waals surface area contributed by atoms with E-state index in [1.807, 2.05) is 26.8 Å². The Kier molecular flexibility index (Phi) is 10.8. The van der Waals surface area contributed by atoms with Crippen molar-refractivity contribution >= 4 is 23.9 Å². The summed E-state index contributed by atoms with van der Waals surface area (Å²) >= 11 is 0. The molecule has 212 valence electrons. The summed E-state index contributed by atoms with van der Waals surface area (Å²) in [5.74, 6) is 2.14. The van der Waals surface area contributed by atoms with Gasteiger partial charge in [-0.05, 0) is 70.9 Å². The van der Waals surface area contributed by atoms with Crippen LogP contribution in [0, 0.1) is 24.2 Å². The van der Waals surface area contributed by atoms with Crippen LogP contribution in [0.2, 0.25) is 0 Å². The van der Waals surface area contributed by atoms with Crippen LogP contribution in [0.5, 0.6) is 5.75 Å². The molecule has 2 saturated heterocycles. The Morgan fingerprint density at radius 3 is 2.38 bits per heavy atom. The first-order valence-electron chi connectivity index (χ1n) is 13.8. The molecule has 9 heteroatoms. The van der Waals surface area contributed by atoms with Crippen LogP contribution in [-0.4, -0.2) is 71.5 Å². The normalized spacial score (nSPS) is 19.0. The molecule has 2 aliphatic rings. The fourth-order valence-electron chi connectivity index (χ4n) is 4.90. The molecule has 2 heterocycles. The van der Waals surface area contributed by atoms with Gasteiger partial charge in [0.15, 0.2) is 0 Å². The Bertz CT molecular complexity index is 1040. The molecule has 1 unspecified atom stereocenters.